The largest absolute Gasteiger partial charge is 0.389 e. The molecule has 1 aromatic heterocycles. The van der Waals surface area contributed by atoms with Crippen molar-refractivity contribution in [2.45, 2.75) is 6.10 Å². The number of rotatable bonds is 6. The molecule has 0 aliphatic carbocycles. The number of aromatic nitrogens is 1. The van der Waals surface area contributed by atoms with Gasteiger partial charge in [-0.05, 0) is 12.1 Å². The van der Waals surface area contributed by atoms with E-state index in [1.54, 1.807) is 19.4 Å². The number of hydrogen-bond acceptors (Lipinski definition) is 5. The molecule has 1 aromatic rings. The minimum Gasteiger partial charge on any atom is -0.389 e. The van der Waals surface area contributed by atoms with Gasteiger partial charge in [0.2, 0.25) is 0 Å². The maximum atomic E-state index is 9.63. The van der Waals surface area contributed by atoms with Gasteiger partial charge >= 0.3 is 0 Å². The molecule has 1 heterocycles. The molecule has 0 aliphatic rings. The van der Waals surface area contributed by atoms with Crippen molar-refractivity contribution < 1.29 is 9.84 Å². The standard InChI is InChI=1S/C11H17N3O2S/c1-14(6-9(15)7-16-2)8-3-4-13-10(5-8)11(12)17/h3-5,9,15H,6-7H2,1-2H3,(H2,12,17). The third-order valence-electron chi connectivity index (χ3n) is 2.28. The average molecular weight is 255 g/mol. The number of pyridine rings is 1. The second-order valence-electron chi connectivity index (χ2n) is 3.75. The number of anilines is 1. The number of thiocarbonyl (C=S) groups is 1. The van der Waals surface area contributed by atoms with Gasteiger partial charge < -0.3 is 20.5 Å². The summed E-state index contributed by atoms with van der Waals surface area (Å²) in [5.41, 5.74) is 6.99. The van der Waals surface area contributed by atoms with E-state index >= 15 is 0 Å². The summed E-state index contributed by atoms with van der Waals surface area (Å²) in [4.78, 5) is 6.21. The molecule has 94 valence electrons. The topological polar surface area (TPSA) is 71.6 Å². The number of aliphatic hydroxyl groups is 1. The van der Waals surface area contributed by atoms with Gasteiger partial charge in [0, 0.05) is 32.6 Å². The van der Waals surface area contributed by atoms with Gasteiger partial charge in [-0.25, -0.2) is 0 Å². The van der Waals surface area contributed by atoms with E-state index in [1.165, 1.54) is 0 Å². The third kappa shape index (κ3) is 4.26. The zero-order chi connectivity index (χ0) is 12.8. The van der Waals surface area contributed by atoms with Gasteiger partial charge in [-0.2, -0.15) is 0 Å². The summed E-state index contributed by atoms with van der Waals surface area (Å²) >= 11 is 4.87. The Balaban J connectivity index is 2.71. The van der Waals surface area contributed by atoms with E-state index in [1.807, 2.05) is 18.0 Å². The van der Waals surface area contributed by atoms with Crippen LogP contribution in [0.2, 0.25) is 0 Å². The molecule has 0 bridgehead atoms. The fourth-order valence-corrected chi connectivity index (χ4v) is 1.57. The molecule has 1 atom stereocenters. The molecule has 3 N–H and O–H groups in total. The van der Waals surface area contributed by atoms with Crippen molar-refractivity contribution in [3.8, 4) is 0 Å². The van der Waals surface area contributed by atoms with Crippen molar-refractivity contribution in [1.29, 1.82) is 0 Å². The van der Waals surface area contributed by atoms with Crippen LogP contribution in [-0.2, 0) is 4.74 Å². The first-order chi connectivity index (χ1) is 8.04. The van der Waals surface area contributed by atoms with E-state index < -0.39 is 6.10 Å². The Morgan fingerprint density at radius 1 is 1.71 bits per heavy atom. The van der Waals surface area contributed by atoms with Gasteiger partial charge in [0.1, 0.15) is 4.99 Å². The molecule has 1 unspecified atom stereocenters. The Hall–Kier alpha value is -1.24. The highest BCUT2D eigenvalue weighted by Crippen LogP contribution is 2.13. The molecule has 0 spiro atoms. The highest BCUT2D eigenvalue weighted by molar-refractivity contribution is 7.80. The molecule has 6 heteroatoms. The molecule has 1 rings (SSSR count). The van der Waals surface area contributed by atoms with Crippen LogP contribution in [0.25, 0.3) is 0 Å². The smallest absolute Gasteiger partial charge is 0.122 e. The second-order valence-corrected chi connectivity index (χ2v) is 4.19. The SMILES string of the molecule is COCC(O)CN(C)c1ccnc(C(N)=S)c1. The van der Waals surface area contributed by atoms with E-state index in [4.69, 9.17) is 22.7 Å². The molecule has 0 radical (unpaired) electrons. The predicted molar refractivity (Wildman–Crippen MR) is 71.3 cm³/mol. The lowest BCUT2D eigenvalue weighted by molar-refractivity contribution is 0.0695. The van der Waals surface area contributed by atoms with Crippen LogP contribution in [0.4, 0.5) is 5.69 Å². The Bertz CT molecular complexity index is 387. The Morgan fingerprint density at radius 3 is 3.00 bits per heavy atom. The van der Waals surface area contributed by atoms with E-state index in [9.17, 15) is 5.11 Å². The summed E-state index contributed by atoms with van der Waals surface area (Å²) in [6.45, 7) is 0.770. The number of methoxy groups -OCH3 is 1. The highest BCUT2D eigenvalue weighted by Gasteiger charge is 2.09. The van der Waals surface area contributed by atoms with Crippen LogP contribution >= 0.6 is 12.2 Å². The van der Waals surface area contributed by atoms with Crippen LogP contribution in [0.3, 0.4) is 0 Å². The Labute approximate surface area is 106 Å². The van der Waals surface area contributed by atoms with Gasteiger partial charge in [0.05, 0.1) is 18.4 Å². The first kappa shape index (κ1) is 13.8. The zero-order valence-electron chi connectivity index (χ0n) is 9.96. The summed E-state index contributed by atoms with van der Waals surface area (Å²) in [6, 6.07) is 3.63. The van der Waals surface area contributed by atoms with E-state index in [-0.39, 0.29) is 4.99 Å². The van der Waals surface area contributed by atoms with Gasteiger partial charge in [-0.15, -0.1) is 0 Å². The van der Waals surface area contributed by atoms with E-state index in [0.29, 0.717) is 18.8 Å². The van der Waals surface area contributed by atoms with Crippen LogP contribution < -0.4 is 10.6 Å². The van der Waals surface area contributed by atoms with Crippen LogP contribution in [0.1, 0.15) is 5.69 Å². The van der Waals surface area contributed by atoms with Crippen molar-refractivity contribution in [2.24, 2.45) is 5.73 Å². The maximum absolute atomic E-state index is 9.63. The lowest BCUT2D eigenvalue weighted by atomic mass is 10.2. The van der Waals surface area contributed by atoms with Crippen molar-refractivity contribution in [1.82, 2.24) is 4.98 Å². The molecule has 0 saturated carbocycles. The van der Waals surface area contributed by atoms with Gasteiger partial charge in [-0.1, -0.05) is 12.2 Å². The Kier molecular flexibility index (Phi) is 5.27. The summed E-state index contributed by atoms with van der Waals surface area (Å²) in [5, 5.41) is 9.63. The van der Waals surface area contributed by atoms with Crippen LogP contribution in [0.15, 0.2) is 18.3 Å². The second kappa shape index (κ2) is 6.48. The van der Waals surface area contributed by atoms with Crippen LogP contribution in [0.5, 0.6) is 0 Å². The quantitative estimate of drug-likeness (QED) is 0.706. The normalized spacial score (nSPS) is 12.2. The molecule has 17 heavy (non-hydrogen) atoms. The van der Waals surface area contributed by atoms with Crippen molar-refractivity contribution in [3.05, 3.63) is 24.0 Å². The minimum absolute atomic E-state index is 0.262. The van der Waals surface area contributed by atoms with E-state index in [2.05, 4.69) is 4.98 Å². The first-order valence-electron chi connectivity index (χ1n) is 5.18. The van der Waals surface area contributed by atoms with Gasteiger partial charge in [-0.3, -0.25) is 4.98 Å². The third-order valence-corrected chi connectivity index (χ3v) is 2.49. The fraction of sp³-hybridized carbons (Fsp3) is 0.455. The lowest BCUT2D eigenvalue weighted by Crippen LogP contribution is -2.32. The van der Waals surface area contributed by atoms with Crippen molar-refractivity contribution >= 4 is 22.9 Å². The number of ether oxygens (including phenoxy) is 1. The van der Waals surface area contributed by atoms with Crippen LogP contribution in [0, 0.1) is 0 Å². The molecule has 0 aromatic carbocycles. The molecule has 0 aliphatic heterocycles. The summed E-state index contributed by atoms with van der Waals surface area (Å²) in [7, 11) is 3.43. The van der Waals surface area contributed by atoms with Crippen LogP contribution in [-0.4, -0.2) is 48.5 Å². The number of likely N-dealkylation sites (N-methyl/N-ethyl adjacent to an activating group) is 1. The zero-order valence-corrected chi connectivity index (χ0v) is 10.8. The predicted octanol–water partition coefficient (Wildman–Crippen LogP) is 0.159. The molecular formula is C11H17N3O2S. The minimum atomic E-state index is -0.536. The summed E-state index contributed by atoms with van der Waals surface area (Å²) < 4.78 is 4.87. The number of hydrogen-bond donors (Lipinski definition) is 2. The number of nitrogens with two attached hydrogens (primary N) is 1. The molecule has 0 amide bonds. The maximum Gasteiger partial charge on any atom is 0.122 e. The van der Waals surface area contributed by atoms with E-state index in [0.717, 1.165) is 5.69 Å². The number of nitrogens with zero attached hydrogens (tertiary/aromatic N) is 2. The summed E-state index contributed by atoms with van der Waals surface area (Å²) in [5.74, 6) is 0. The number of aliphatic hydroxyl groups excluding tert-OH is 1. The Morgan fingerprint density at radius 2 is 2.41 bits per heavy atom. The van der Waals surface area contributed by atoms with Gasteiger partial charge in [0.25, 0.3) is 0 Å². The van der Waals surface area contributed by atoms with Crippen molar-refractivity contribution in [2.75, 3.05) is 32.2 Å². The average Bonchev–Trinajstić information content (AvgIpc) is 2.29. The highest BCUT2D eigenvalue weighted by atomic mass is 32.1. The molecule has 0 saturated heterocycles. The molecular weight excluding hydrogens is 238 g/mol. The fourth-order valence-electron chi connectivity index (χ4n) is 1.46. The van der Waals surface area contributed by atoms with Crippen molar-refractivity contribution in [3.63, 3.8) is 0 Å². The molecule has 5 nitrogen and oxygen atoms in total. The molecule has 0 fully saturated rings. The van der Waals surface area contributed by atoms with Gasteiger partial charge in [0.15, 0.2) is 0 Å². The monoisotopic (exact) mass is 255 g/mol. The first-order valence-corrected chi connectivity index (χ1v) is 5.59. The lowest BCUT2D eigenvalue weighted by Gasteiger charge is -2.22. The summed E-state index contributed by atoms with van der Waals surface area (Å²) in [6.07, 6.45) is 1.11.